The van der Waals surface area contributed by atoms with E-state index in [1.165, 1.54) is 7.11 Å². The van der Waals surface area contributed by atoms with E-state index in [2.05, 4.69) is 21.8 Å². The molecule has 1 aliphatic rings. The van der Waals surface area contributed by atoms with Crippen LogP contribution in [-0.2, 0) is 4.74 Å². The molecule has 0 atom stereocenters. The van der Waals surface area contributed by atoms with Crippen LogP contribution in [0.3, 0.4) is 0 Å². The van der Waals surface area contributed by atoms with Gasteiger partial charge in [-0.05, 0) is 37.1 Å². The molecule has 20 heavy (non-hydrogen) atoms. The van der Waals surface area contributed by atoms with Gasteiger partial charge in [0.2, 0.25) is 0 Å². The van der Waals surface area contributed by atoms with Crippen molar-refractivity contribution in [3.8, 4) is 12.1 Å². The molecule has 1 fully saturated rings. The Labute approximate surface area is 118 Å². The van der Waals surface area contributed by atoms with E-state index in [1.54, 1.807) is 12.1 Å². The molecule has 0 radical (unpaired) electrons. The number of benzene rings is 1. The molecule has 0 aliphatic carbocycles. The maximum absolute atomic E-state index is 11.4. The number of hydrogen-bond donors (Lipinski definition) is 0. The number of rotatable bonds is 2. The van der Waals surface area contributed by atoms with Crippen LogP contribution in [0.2, 0.25) is 0 Å². The molecule has 5 heteroatoms. The van der Waals surface area contributed by atoms with Crippen LogP contribution in [0.5, 0.6) is 0 Å². The molecule has 5 nitrogen and oxygen atoms in total. The largest absolute Gasteiger partial charge is 0.465 e. The van der Waals surface area contributed by atoms with Crippen LogP contribution in [-0.4, -0.2) is 26.2 Å². The Morgan fingerprint density at radius 3 is 2.20 bits per heavy atom. The third-order valence-electron chi connectivity index (χ3n) is 3.70. The first-order chi connectivity index (χ1) is 9.64. The molecule has 0 aromatic heterocycles. The zero-order chi connectivity index (χ0) is 14.6. The van der Waals surface area contributed by atoms with E-state index in [9.17, 15) is 4.79 Å². The van der Waals surface area contributed by atoms with Crippen molar-refractivity contribution < 1.29 is 9.53 Å². The Kier molecular flexibility index (Phi) is 3.91. The van der Waals surface area contributed by atoms with Gasteiger partial charge in [0.05, 0.1) is 24.8 Å². The van der Waals surface area contributed by atoms with E-state index in [1.807, 2.05) is 12.1 Å². The third-order valence-corrected chi connectivity index (χ3v) is 3.70. The number of carbonyl (C=O) groups excluding carboxylic acids is 1. The van der Waals surface area contributed by atoms with Crippen molar-refractivity contribution in [1.82, 2.24) is 0 Å². The van der Waals surface area contributed by atoms with Gasteiger partial charge in [0.1, 0.15) is 5.41 Å². The van der Waals surface area contributed by atoms with Gasteiger partial charge in [-0.15, -0.1) is 0 Å². The Morgan fingerprint density at radius 2 is 1.75 bits per heavy atom. The van der Waals surface area contributed by atoms with Crippen LogP contribution in [0, 0.1) is 28.1 Å². The van der Waals surface area contributed by atoms with Crippen LogP contribution in [0.4, 0.5) is 5.69 Å². The minimum Gasteiger partial charge on any atom is -0.465 e. The van der Waals surface area contributed by atoms with Crippen LogP contribution in [0.15, 0.2) is 24.3 Å². The van der Waals surface area contributed by atoms with Gasteiger partial charge in [0.25, 0.3) is 0 Å². The van der Waals surface area contributed by atoms with Gasteiger partial charge >= 0.3 is 5.97 Å². The average molecular weight is 269 g/mol. The molecule has 102 valence electrons. The highest BCUT2D eigenvalue weighted by molar-refractivity contribution is 5.89. The molecule has 1 saturated heterocycles. The molecule has 0 saturated carbocycles. The maximum Gasteiger partial charge on any atom is 0.337 e. The van der Waals surface area contributed by atoms with E-state index in [0.717, 1.165) is 5.69 Å². The van der Waals surface area contributed by atoms with Gasteiger partial charge < -0.3 is 9.64 Å². The summed E-state index contributed by atoms with van der Waals surface area (Å²) in [6, 6.07) is 11.4. The molecule has 1 heterocycles. The van der Waals surface area contributed by atoms with E-state index < -0.39 is 5.41 Å². The number of nitrogens with zero attached hydrogens (tertiary/aromatic N) is 3. The predicted molar refractivity (Wildman–Crippen MR) is 72.9 cm³/mol. The molecule has 0 bridgehead atoms. The molecular weight excluding hydrogens is 254 g/mol. The van der Waals surface area contributed by atoms with Crippen molar-refractivity contribution in [2.75, 3.05) is 25.1 Å². The van der Waals surface area contributed by atoms with Crippen LogP contribution in [0.1, 0.15) is 23.2 Å². The minimum absolute atomic E-state index is 0.358. The standard InChI is InChI=1S/C15H15N3O2/c1-20-14(19)12-2-4-13(5-3-12)18-8-6-15(10-16,11-17)7-9-18/h2-5H,6-9H2,1H3. The Bertz CT molecular complexity index is 557. The summed E-state index contributed by atoms with van der Waals surface area (Å²) in [6.45, 7) is 1.33. The summed E-state index contributed by atoms with van der Waals surface area (Å²) in [5.41, 5.74) is 0.654. The van der Waals surface area contributed by atoms with Crippen molar-refractivity contribution in [2.45, 2.75) is 12.8 Å². The number of ether oxygens (including phenoxy) is 1. The topological polar surface area (TPSA) is 77.1 Å². The molecule has 0 amide bonds. The van der Waals surface area contributed by atoms with E-state index in [-0.39, 0.29) is 5.97 Å². The SMILES string of the molecule is COC(=O)c1ccc(N2CCC(C#N)(C#N)CC2)cc1. The fraction of sp³-hybridized carbons (Fsp3) is 0.400. The predicted octanol–water partition coefficient (Wildman–Crippen LogP) is 2.11. The summed E-state index contributed by atoms with van der Waals surface area (Å²) in [7, 11) is 1.35. The number of piperidine rings is 1. The van der Waals surface area contributed by atoms with Crippen molar-refractivity contribution in [1.29, 1.82) is 10.5 Å². The maximum atomic E-state index is 11.4. The summed E-state index contributed by atoms with van der Waals surface area (Å²) in [4.78, 5) is 13.5. The molecule has 1 aromatic rings. The van der Waals surface area contributed by atoms with Crippen LogP contribution >= 0.6 is 0 Å². The monoisotopic (exact) mass is 269 g/mol. The summed E-state index contributed by atoms with van der Waals surface area (Å²) in [6.07, 6.45) is 1.08. The summed E-state index contributed by atoms with van der Waals surface area (Å²) >= 11 is 0. The quantitative estimate of drug-likeness (QED) is 0.768. The second kappa shape index (κ2) is 5.63. The number of methoxy groups -OCH3 is 1. The molecule has 2 rings (SSSR count). The van der Waals surface area contributed by atoms with Gasteiger partial charge in [-0.25, -0.2) is 4.79 Å². The van der Waals surface area contributed by atoms with E-state index >= 15 is 0 Å². The summed E-state index contributed by atoms with van der Waals surface area (Å²) < 4.78 is 4.65. The Balaban J connectivity index is 2.07. The highest BCUT2D eigenvalue weighted by atomic mass is 16.5. The first-order valence-corrected chi connectivity index (χ1v) is 6.40. The normalized spacial score (nSPS) is 16.9. The molecule has 1 aromatic carbocycles. The molecule has 1 aliphatic heterocycles. The highest BCUT2D eigenvalue weighted by Gasteiger charge is 2.34. The number of esters is 1. The van der Waals surface area contributed by atoms with Crippen molar-refractivity contribution in [3.63, 3.8) is 0 Å². The van der Waals surface area contributed by atoms with Gasteiger partial charge in [0, 0.05) is 18.8 Å². The van der Waals surface area contributed by atoms with Gasteiger partial charge in [-0.2, -0.15) is 10.5 Å². The summed E-state index contributed by atoms with van der Waals surface area (Å²) in [5.74, 6) is -0.358. The lowest BCUT2D eigenvalue weighted by atomic mass is 9.81. The molecule has 0 N–H and O–H groups in total. The molecular formula is C15H15N3O2. The second-order valence-electron chi connectivity index (χ2n) is 4.83. The average Bonchev–Trinajstić information content (AvgIpc) is 2.54. The van der Waals surface area contributed by atoms with Crippen LogP contribution in [0.25, 0.3) is 0 Å². The molecule has 0 spiro atoms. The molecule has 0 unspecified atom stereocenters. The number of hydrogen-bond acceptors (Lipinski definition) is 5. The first kappa shape index (κ1) is 13.9. The fourth-order valence-corrected chi connectivity index (χ4v) is 2.32. The van der Waals surface area contributed by atoms with Gasteiger partial charge in [-0.3, -0.25) is 0 Å². The van der Waals surface area contributed by atoms with Crippen molar-refractivity contribution >= 4 is 11.7 Å². The lowest BCUT2D eigenvalue weighted by Gasteiger charge is -2.34. The number of nitriles is 2. The lowest BCUT2D eigenvalue weighted by Crippen LogP contribution is -2.38. The zero-order valence-electron chi connectivity index (χ0n) is 11.3. The van der Waals surface area contributed by atoms with Gasteiger partial charge in [0.15, 0.2) is 0 Å². The highest BCUT2D eigenvalue weighted by Crippen LogP contribution is 2.32. The minimum atomic E-state index is -0.845. The Hall–Kier alpha value is -2.53. The van der Waals surface area contributed by atoms with Crippen molar-refractivity contribution in [2.24, 2.45) is 5.41 Å². The number of carbonyl (C=O) groups is 1. The lowest BCUT2D eigenvalue weighted by molar-refractivity contribution is 0.0601. The van der Waals surface area contributed by atoms with Gasteiger partial charge in [-0.1, -0.05) is 0 Å². The fourth-order valence-electron chi connectivity index (χ4n) is 2.32. The zero-order valence-corrected chi connectivity index (χ0v) is 11.3. The second-order valence-corrected chi connectivity index (χ2v) is 4.83. The van der Waals surface area contributed by atoms with E-state index in [4.69, 9.17) is 10.5 Å². The van der Waals surface area contributed by atoms with Crippen molar-refractivity contribution in [3.05, 3.63) is 29.8 Å². The third kappa shape index (κ3) is 2.57. The first-order valence-electron chi connectivity index (χ1n) is 6.40. The van der Waals surface area contributed by atoms with E-state index in [0.29, 0.717) is 31.5 Å². The number of anilines is 1. The Morgan fingerprint density at radius 1 is 1.20 bits per heavy atom. The smallest absolute Gasteiger partial charge is 0.337 e. The van der Waals surface area contributed by atoms with Crippen LogP contribution < -0.4 is 4.90 Å². The summed E-state index contributed by atoms with van der Waals surface area (Å²) in [5, 5.41) is 18.2.